The number of nitrogens with two attached hydrogens (primary N) is 1. The molecular formula is C21H21ClN4O2S. The number of pyridine rings is 1. The summed E-state index contributed by atoms with van der Waals surface area (Å²) in [5, 5.41) is 7.22. The van der Waals surface area contributed by atoms with Crippen LogP contribution in [0.2, 0.25) is 5.02 Å². The second kappa shape index (κ2) is 8.80. The van der Waals surface area contributed by atoms with Crippen molar-refractivity contribution in [1.82, 2.24) is 9.97 Å². The fourth-order valence-corrected chi connectivity index (χ4v) is 4.35. The van der Waals surface area contributed by atoms with Gasteiger partial charge in [0.1, 0.15) is 11.7 Å². The van der Waals surface area contributed by atoms with Gasteiger partial charge in [0.15, 0.2) is 5.13 Å². The number of rotatable bonds is 6. The van der Waals surface area contributed by atoms with E-state index in [1.807, 2.05) is 29.6 Å². The first-order chi connectivity index (χ1) is 14.1. The zero-order chi connectivity index (χ0) is 20.2. The third-order valence-electron chi connectivity index (χ3n) is 4.96. The van der Waals surface area contributed by atoms with Gasteiger partial charge in [-0.1, -0.05) is 23.7 Å². The molecule has 0 bridgehead atoms. The largest absolute Gasteiger partial charge is 0.474 e. The maximum Gasteiger partial charge on any atom is 0.254 e. The van der Waals surface area contributed by atoms with Gasteiger partial charge in [0.05, 0.1) is 5.69 Å². The quantitative estimate of drug-likeness (QED) is 0.590. The van der Waals surface area contributed by atoms with Gasteiger partial charge in [-0.15, -0.1) is 11.3 Å². The number of halogens is 1. The highest BCUT2D eigenvalue weighted by Gasteiger charge is 2.24. The molecule has 1 aliphatic rings. The van der Waals surface area contributed by atoms with E-state index >= 15 is 0 Å². The molecular weight excluding hydrogens is 408 g/mol. The number of carbonyl (C=O) groups excluding carboxylic acids is 1. The first-order valence-electron chi connectivity index (χ1n) is 9.48. The van der Waals surface area contributed by atoms with Gasteiger partial charge in [-0.25, -0.2) is 9.97 Å². The van der Waals surface area contributed by atoms with Gasteiger partial charge < -0.3 is 15.8 Å². The fourth-order valence-electron chi connectivity index (χ4n) is 3.42. The zero-order valence-corrected chi connectivity index (χ0v) is 17.2. The van der Waals surface area contributed by atoms with Crippen molar-refractivity contribution in [2.75, 3.05) is 5.32 Å². The van der Waals surface area contributed by atoms with Crippen LogP contribution in [0.4, 0.5) is 5.13 Å². The molecule has 29 heavy (non-hydrogen) atoms. The van der Waals surface area contributed by atoms with Crippen LogP contribution in [0.15, 0.2) is 48.0 Å². The second-order valence-corrected chi connectivity index (χ2v) is 8.30. The highest BCUT2D eigenvalue weighted by Crippen LogP contribution is 2.30. The van der Waals surface area contributed by atoms with Gasteiger partial charge >= 0.3 is 0 Å². The third-order valence-corrected chi connectivity index (χ3v) is 5.99. The van der Waals surface area contributed by atoms with E-state index in [0.29, 0.717) is 17.5 Å². The Hall–Kier alpha value is -2.64. The summed E-state index contributed by atoms with van der Waals surface area (Å²) in [4.78, 5) is 20.4. The van der Waals surface area contributed by atoms with Crippen molar-refractivity contribution >= 4 is 34.0 Å². The summed E-state index contributed by atoms with van der Waals surface area (Å²) in [5.41, 5.74) is 7.72. The Morgan fingerprint density at radius 1 is 1.17 bits per heavy atom. The van der Waals surface area contributed by atoms with Crippen molar-refractivity contribution < 1.29 is 9.53 Å². The maximum atomic E-state index is 11.5. The van der Waals surface area contributed by atoms with Crippen molar-refractivity contribution in [2.24, 2.45) is 5.73 Å². The molecule has 0 radical (unpaired) electrons. The monoisotopic (exact) mass is 428 g/mol. The number of thiazole rings is 1. The van der Waals surface area contributed by atoms with E-state index in [1.165, 1.54) is 0 Å². The van der Waals surface area contributed by atoms with Gasteiger partial charge in [-0.05, 0) is 49.9 Å². The van der Waals surface area contributed by atoms with Crippen molar-refractivity contribution in [1.29, 1.82) is 0 Å². The molecule has 2 heterocycles. The number of amides is 1. The number of nitrogens with zero attached hydrogens (tertiary/aromatic N) is 2. The zero-order valence-electron chi connectivity index (χ0n) is 15.7. The van der Waals surface area contributed by atoms with Crippen molar-refractivity contribution in [2.45, 2.75) is 37.8 Å². The Morgan fingerprint density at radius 3 is 2.66 bits per heavy atom. The number of benzene rings is 1. The Bertz CT molecular complexity index is 984. The summed E-state index contributed by atoms with van der Waals surface area (Å²) in [5.74, 6) is -0.201. The van der Waals surface area contributed by atoms with Crippen LogP contribution in [-0.4, -0.2) is 28.0 Å². The molecule has 4 rings (SSSR count). The Labute approximate surface area is 178 Å². The van der Waals surface area contributed by atoms with E-state index in [0.717, 1.165) is 47.1 Å². The number of aromatic nitrogens is 2. The summed E-state index contributed by atoms with van der Waals surface area (Å²) in [6, 6.07) is 11.4. The van der Waals surface area contributed by atoms with E-state index in [9.17, 15) is 4.79 Å². The lowest BCUT2D eigenvalue weighted by Gasteiger charge is -2.29. The number of hydrogen-bond acceptors (Lipinski definition) is 6. The van der Waals surface area contributed by atoms with Crippen LogP contribution in [0.5, 0.6) is 5.88 Å². The highest BCUT2D eigenvalue weighted by molar-refractivity contribution is 7.14. The standard InChI is InChI=1S/C21H21ClN4O2S/c22-14-5-3-13(4-6-14)18-12-29-21(26-18)25-15-7-9-16(10-8-15)28-20-17(19(23)27)2-1-11-24-20/h1-6,11-12,15-16H,7-10H2,(H2,23,27)(H,25,26). The minimum absolute atomic E-state index is 0.0296. The number of ether oxygens (including phenoxy) is 1. The van der Waals surface area contributed by atoms with Gasteiger partial charge in [0.2, 0.25) is 5.88 Å². The molecule has 3 aromatic rings. The predicted octanol–water partition coefficient (Wildman–Crippen LogP) is 4.76. The number of carbonyl (C=O) groups is 1. The molecule has 0 saturated heterocycles. The average Bonchev–Trinajstić information content (AvgIpc) is 3.19. The van der Waals surface area contributed by atoms with E-state index in [4.69, 9.17) is 27.1 Å². The fraction of sp³-hybridized carbons (Fsp3) is 0.286. The highest BCUT2D eigenvalue weighted by atomic mass is 35.5. The Kier molecular flexibility index (Phi) is 5.97. The van der Waals surface area contributed by atoms with Gasteiger partial charge in [0, 0.05) is 28.2 Å². The number of primary amides is 1. The molecule has 3 N–H and O–H groups in total. The van der Waals surface area contributed by atoms with Gasteiger partial charge in [0.25, 0.3) is 5.91 Å². The van der Waals surface area contributed by atoms with Crippen molar-refractivity contribution in [3.05, 3.63) is 58.6 Å². The van der Waals surface area contributed by atoms with Gasteiger partial charge in [-0.2, -0.15) is 0 Å². The molecule has 0 spiro atoms. The molecule has 0 unspecified atom stereocenters. The van der Waals surface area contributed by atoms with E-state index in [1.54, 1.807) is 29.7 Å². The Morgan fingerprint density at radius 2 is 1.93 bits per heavy atom. The first kappa shape index (κ1) is 19.7. The minimum Gasteiger partial charge on any atom is -0.474 e. The average molecular weight is 429 g/mol. The van der Waals surface area contributed by atoms with Crippen LogP contribution >= 0.6 is 22.9 Å². The van der Waals surface area contributed by atoms with E-state index < -0.39 is 5.91 Å². The molecule has 150 valence electrons. The normalized spacial score (nSPS) is 18.9. The summed E-state index contributed by atoms with van der Waals surface area (Å²) < 4.78 is 5.95. The molecule has 1 aromatic carbocycles. The summed E-state index contributed by atoms with van der Waals surface area (Å²) >= 11 is 7.56. The van der Waals surface area contributed by atoms with E-state index in [-0.39, 0.29) is 6.10 Å². The molecule has 1 fully saturated rings. The van der Waals surface area contributed by atoms with Crippen molar-refractivity contribution in [3.63, 3.8) is 0 Å². The molecule has 2 aromatic heterocycles. The summed E-state index contributed by atoms with van der Waals surface area (Å²) in [7, 11) is 0. The van der Waals surface area contributed by atoms with Crippen LogP contribution in [0, 0.1) is 0 Å². The lowest BCUT2D eigenvalue weighted by molar-refractivity contribution is 0.0983. The maximum absolute atomic E-state index is 11.5. The molecule has 1 saturated carbocycles. The van der Waals surface area contributed by atoms with Gasteiger partial charge in [-0.3, -0.25) is 4.79 Å². The second-order valence-electron chi connectivity index (χ2n) is 7.00. The molecule has 1 aliphatic carbocycles. The minimum atomic E-state index is -0.524. The van der Waals surface area contributed by atoms with E-state index in [2.05, 4.69) is 10.3 Å². The SMILES string of the molecule is NC(=O)c1cccnc1OC1CCC(Nc2nc(-c3ccc(Cl)cc3)cs2)CC1. The smallest absolute Gasteiger partial charge is 0.254 e. The van der Waals surface area contributed by atoms with Crippen LogP contribution in [0.3, 0.4) is 0 Å². The van der Waals surface area contributed by atoms with Crippen LogP contribution in [0.25, 0.3) is 11.3 Å². The summed E-state index contributed by atoms with van der Waals surface area (Å²) in [6.45, 7) is 0. The summed E-state index contributed by atoms with van der Waals surface area (Å²) in [6.07, 6.45) is 5.31. The lowest BCUT2D eigenvalue weighted by Crippen LogP contribution is -2.31. The van der Waals surface area contributed by atoms with Crippen LogP contribution in [0.1, 0.15) is 36.0 Å². The van der Waals surface area contributed by atoms with Crippen molar-refractivity contribution in [3.8, 4) is 17.1 Å². The first-order valence-corrected chi connectivity index (χ1v) is 10.7. The van der Waals surface area contributed by atoms with Crippen LogP contribution in [-0.2, 0) is 0 Å². The van der Waals surface area contributed by atoms with Crippen LogP contribution < -0.4 is 15.8 Å². The number of nitrogens with one attached hydrogen (secondary N) is 1. The molecule has 0 atom stereocenters. The predicted molar refractivity (Wildman–Crippen MR) is 116 cm³/mol. The molecule has 0 aliphatic heterocycles. The number of hydrogen-bond donors (Lipinski definition) is 2. The Balaban J connectivity index is 1.32. The molecule has 1 amide bonds. The molecule has 6 nitrogen and oxygen atoms in total. The lowest BCUT2D eigenvalue weighted by atomic mass is 9.93. The topological polar surface area (TPSA) is 90.1 Å². The molecule has 8 heteroatoms. The number of anilines is 1. The third kappa shape index (κ3) is 4.86.